The second kappa shape index (κ2) is 5.50. The Morgan fingerprint density at radius 3 is 2.75 bits per heavy atom. The first-order valence-electron chi connectivity index (χ1n) is 5.85. The molecule has 1 aliphatic heterocycles. The van der Waals surface area contributed by atoms with Crippen LogP contribution in [0.1, 0.15) is 40.0 Å². The molecule has 0 spiro atoms. The van der Waals surface area contributed by atoms with Gasteiger partial charge in [0.2, 0.25) is 0 Å². The minimum Gasteiger partial charge on any atom is -0.444 e. The first-order chi connectivity index (χ1) is 7.38. The van der Waals surface area contributed by atoms with Gasteiger partial charge in [0.05, 0.1) is 12.8 Å². The molecule has 5 nitrogen and oxygen atoms in total. The summed E-state index contributed by atoms with van der Waals surface area (Å²) in [6, 6.07) is 0. The van der Waals surface area contributed by atoms with Crippen LogP contribution in [0.2, 0.25) is 0 Å². The van der Waals surface area contributed by atoms with E-state index in [1.807, 2.05) is 20.8 Å². The zero-order valence-corrected chi connectivity index (χ0v) is 10.5. The summed E-state index contributed by atoms with van der Waals surface area (Å²) in [6.45, 7) is 6.95. The van der Waals surface area contributed by atoms with Crippen molar-refractivity contribution in [2.24, 2.45) is 5.73 Å². The molecular weight excluding hydrogens is 206 g/mol. The Balaban J connectivity index is 2.25. The van der Waals surface area contributed by atoms with Crippen LogP contribution < -0.4 is 11.1 Å². The van der Waals surface area contributed by atoms with E-state index >= 15 is 0 Å². The normalized spacial score (nSPS) is 22.9. The number of amides is 1. The van der Waals surface area contributed by atoms with E-state index < -0.39 is 5.60 Å². The molecule has 3 N–H and O–H groups in total. The molecule has 0 radical (unpaired) electrons. The van der Waals surface area contributed by atoms with Crippen molar-refractivity contribution in [2.75, 3.05) is 13.2 Å². The van der Waals surface area contributed by atoms with Crippen LogP contribution in [0, 0.1) is 0 Å². The number of carbonyl (C=O) groups is 1. The standard InChI is InChI=1S/C11H23N3O2/c1-11(2,3)16-10(15)13-8-14-7-5-4-6-9(14)12/h9H,4-8,12H2,1-3H3,(H,13,15). The van der Waals surface area contributed by atoms with Crippen molar-refractivity contribution >= 4 is 6.09 Å². The summed E-state index contributed by atoms with van der Waals surface area (Å²) in [5, 5.41) is 2.72. The highest BCUT2D eigenvalue weighted by Gasteiger charge is 2.20. The van der Waals surface area contributed by atoms with Crippen molar-refractivity contribution in [2.45, 2.75) is 51.8 Å². The number of nitrogens with two attached hydrogens (primary N) is 1. The molecule has 94 valence electrons. The molecule has 0 aliphatic carbocycles. The number of hydrogen-bond acceptors (Lipinski definition) is 4. The number of carbonyl (C=O) groups excluding carboxylic acids is 1. The van der Waals surface area contributed by atoms with Gasteiger partial charge >= 0.3 is 6.09 Å². The number of piperidine rings is 1. The number of hydrogen-bond donors (Lipinski definition) is 2. The van der Waals surface area contributed by atoms with Crippen molar-refractivity contribution < 1.29 is 9.53 Å². The van der Waals surface area contributed by atoms with Crippen molar-refractivity contribution in [1.29, 1.82) is 0 Å². The number of nitrogens with one attached hydrogen (secondary N) is 1. The van der Waals surface area contributed by atoms with Crippen LogP contribution in [0.15, 0.2) is 0 Å². The number of likely N-dealkylation sites (tertiary alicyclic amines) is 1. The lowest BCUT2D eigenvalue weighted by molar-refractivity contribution is 0.0455. The Bertz CT molecular complexity index is 238. The van der Waals surface area contributed by atoms with Crippen molar-refractivity contribution in [3.05, 3.63) is 0 Å². The molecular formula is C11H23N3O2. The molecule has 0 aromatic heterocycles. The summed E-state index contributed by atoms with van der Waals surface area (Å²) in [5.41, 5.74) is 5.48. The van der Waals surface area contributed by atoms with Crippen LogP contribution in [0.3, 0.4) is 0 Å². The minimum atomic E-state index is -0.450. The Morgan fingerprint density at radius 2 is 2.19 bits per heavy atom. The topological polar surface area (TPSA) is 67.6 Å². The lowest BCUT2D eigenvalue weighted by Crippen LogP contribution is -2.50. The van der Waals surface area contributed by atoms with Gasteiger partial charge < -0.3 is 15.8 Å². The fourth-order valence-electron chi connectivity index (χ4n) is 1.69. The third-order valence-corrected chi connectivity index (χ3v) is 2.49. The monoisotopic (exact) mass is 229 g/mol. The maximum Gasteiger partial charge on any atom is 0.408 e. The summed E-state index contributed by atoms with van der Waals surface area (Å²) < 4.78 is 5.15. The second-order valence-corrected chi connectivity index (χ2v) is 5.21. The van der Waals surface area contributed by atoms with Gasteiger partial charge in [0.15, 0.2) is 0 Å². The maximum absolute atomic E-state index is 11.4. The molecule has 0 aromatic carbocycles. The molecule has 5 heteroatoms. The van der Waals surface area contributed by atoms with Gasteiger partial charge in [-0.15, -0.1) is 0 Å². The third-order valence-electron chi connectivity index (χ3n) is 2.49. The largest absolute Gasteiger partial charge is 0.444 e. The lowest BCUT2D eigenvalue weighted by atomic mass is 10.1. The molecule has 0 bridgehead atoms. The Labute approximate surface area is 97.3 Å². The zero-order valence-electron chi connectivity index (χ0n) is 10.5. The van der Waals surface area contributed by atoms with Crippen LogP contribution in [0.5, 0.6) is 0 Å². The number of rotatable bonds is 2. The van der Waals surface area contributed by atoms with E-state index in [0.29, 0.717) is 6.67 Å². The predicted molar refractivity (Wildman–Crippen MR) is 62.8 cm³/mol. The fourth-order valence-corrected chi connectivity index (χ4v) is 1.69. The van der Waals surface area contributed by atoms with Gasteiger partial charge in [-0.3, -0.25) is 4.90 Å². The maximum atomic E-state index is 11.4. The zero-order chi connectivity index (χ0) is 12.2. The first-order valence-corrected chi connectivity index (χ1v) is 5.85. The molecule has 1 atom stereocenters. The summed E-state index contributed by atoms with van der Waals surface area (Å²) in [7, 11) is 0. The summed E-state index contributed by atoms with van der Waals surface area (Å²) in [6.07, 6.45) is 2.98. The molecule has 0 saturated carbocycles. The van der Waals surface area contributed by atoms with E-state index in [9.17, 15) is 4.79 Å². The molecule has 16 heavy (non-hydrogen) atoms. The first kappa shape index (κ1) is 13.3. The molecule has 1 aliphatic rings. The van der Waals surface area contributed by atoms with Gasteiger partial charge in [-0.1, -0.05) is 0 Å². The molecule has 1 fully saturated rings. The van der Waals surface area contributed by atoms with Gasteiger partial charge in [0, 0.05) is 6.54 Å². The van der Waals surface area contributed by atoms with Crippen LogP contribution >= 0.6 is 0 Å². The van der Waals surface area contributed by atoms with Crippen molar-refractivity contribution in [3.63, 3.8) is 0 Å². The van der Waals surface area contributed by atoms with E-state index in [4.69, 9.17) is 10.5 Å². The number of alkyl carbamates (subject to hydrolysis) is 1. The van der Waals surface area contributed by atoms with E-state index in [1.165, 1.54) is 6.42 Å². The average molecular weight is 229 g/mol. The molecule has 1 saturated heterocycles. The summed E-state index contributed by atoms with van der Waals surface area (Å²) in [5.74, 6) is 0. The highest BCUT2D eigenvalue weighted by atomic mass is 16.6. The average Bonchev–Trinajstić information content (AvgIpc) is 2.14. The van der Waals surface area contributed by atoms with Gasteiger partial charge in [0.1, 0.15) is 5.60 Å². The van der Waals surface area contributed by atoms with Gasteiger partial charge in [-0.05, 0) is 40.0 Å². The molecule has 1 rings (SSSR count). The van der Waals surface area contributed by atoms with Crippen LogP contribution in [0.4, 0.5) is 4.79 Å². The third kappa shape index (κ3) is 4.81. The van der Waals surface area contributed by atoms with E-state index in [-0.39, 0.29) is 12.3 Å². The highest BCUT2D eigenvalue weighted by molar-refractivity contribution is 5.67. The van der Waals surface area contributed by atoms with Crippen LogP contribution in [-0.4, -0.2) is 36.0 Å². The Morgan fingerprint density at radius 1 is 1.50 bits per heavy atom. The lowest BCUT2D eigenvalue weighted by Gasteiger charge is -2.33. The van der Waals surface area contributed by atoms with E-state index in [1.54, 1.807) is 0 Å². The Hall–Kier alpha value is -0.810. The number of ether oxygens (including phenoxy) is 1. The fraction of sp³-hybridized carbons (Fsp3) is 0.909. The predicted octanol–water partition coefficient (Wildman–Crippen LogP) is 1.24. The van der Waals surface area contributed by atoms with Gasteiger partial charge in [-0.2, -0.15) is 0 Å². The smallest absolute Gasteiger partial charge is 0.408 e. The Kier molecular flexibility index (Phi) is 4.56. The van der Waals surface area contributed by atoms with Gasteiger partial charge in [0.25, 0.3) is 0 Å². The molecule has 1 amide bonds. The molecule has 0 aromatic rings. The molecule has 1 heterocycles. The second-order valence-electron chi connectivity index (χ2n) is 5.21. The summed E-state index contributed by atoms with van der Waals surface area (Å²) >= 11 is 0. The van der Waals surface area contributed by atoms with Crippen LogP contribution in [0.25, 0.3) is 0 Å². The van der Waals surface area contributed by atoms with Crippen molar-refractivity contribution in [3.8, 4) is 0 Å². The summed E-state index contributed by atoms with van der Waals surface area (Å²) in [4.78, 5) is 13.5. The SMILES string of the molecule is CC(C)(C)OC(=O)NCN1CCCCC1N. The van der Waals surface area contributed by atoms with Gasteiger partial charge in [-0.25, -0.2) is 4.79 Å². The van der Waals surface area contributed by atoms with Crippen LogP contribution in [-0.2, 0) is 4.74 Å². The van der Waals surface area contributed by atoms with E-state index in [2.05, 4.69) is 10.2 Å². The minimum absolute atomic E-state index is 0.0590. The molecule has 1 unspecified atom stereocenters. The quantitative estimate of drug-likeness (QED) is 0.747. The number of nitrogens with zero attached hydrogens (tertiary/aromatic N) is 1. The van der Waals surface area contributed by atoms with Crippen molar-refractivity contribution in [1.82, 2.24) is 10.2 Å². The van der Waals surface area contributed by atoms with E-state index in [0.717, 1.165) is 19.4 Å². The highest BCUT2D eigenvalue weighted by Crippen LogP contribution is 2.12.